The van der Waals surface area contributed by atoms with E-state index in [9.17, 15) is 30.8 Å². The predicted octanol–water partition coefficient (Wildman–Crippen LogP) is 4.97. The van der Waals surface area contributed by atoms with Crippen molar-refractivity contribution in [1.82, 2.24) is 0 Å². The van der Waals surface area contributed by atoms with Gasteiger partial charge in [-0.2, -0.15) is 13.2 Å². The Morgan fingerprint density at radius 3 is 2.36 bits per heavy atom. The zero-order chi connectivity index (χ0) is 24.2. The van der Waals surface area contributed by atoms with Crippen molar-refractivity contribution < 1.29 is 35.5 Å². The summed E-state index contributed by atoms with van der Waals surface area (Å²) in [6, 6.07) is 12.7. The Kier molecular flexibility index (Phi) is 6.92. The number of hydrogen-bond acceptors (Lipinski definition) is 4. The van der Waals surface area contributed by atoms with Crippen LogP contribution in [0.25, 0.3) is 0 Å². The number of amides is 1. The van der Waals surface area contributed by atoms with Crippen molar-refractivity contribution in [1.29, 1.82) is 0 Å². The fourth-order valence-corrected chi connectivity index (χ4v) is 3.80. The van der Waals surface area contributed by atoms with Gasteiger partial charge in [-0.15, -0.1) is 0 Å². The number of aryl methyl sites for hydroxylation is 1. The maximum absolute atomic E-state index is 13.3. The van der Waals surface area contributed by atoms with Crippen molar-refractivity contribution in [3.05, 3.63) is 83.7 Å². The maximum Gasteiger partial charge on any atom is 0.416 e. The molecule has 0 fully saturated rings. The standard InChI is InChI=1S/C22H18F4N2O4S/c1-14-5-6-16(23)12-20(14)27-21(29)13-32-18-7-9-19(10-8-18)33(30,31)28-17-4-2-3-15(11-17)22(24,25)26/h2-12,28H,13H2,1H3,(H,27,29). The molecule has 1 amide bonds. The molecule has 0 aromatic heterocycles. The number of sulfonamides is 1. The topological polar surface area (TPSA) is 84.5 Å². The molecule has 0 bridgehead atoms. The van der Waals surface area contributed by atoms with Crippen LogP contribution in [0.5, 0.6) is 5.75 Å². The SMILES string of the molecule is Cc1ccc(F)cc1NC(=O)COc1ccc(S(=O)(=O)Nc2cccc(C(F)(F)F)c2)cc1. The van der Waals surface area contributed by atoms with Gasteiger partial charge in [-0.05, 0) is 67.1 Å². The van der Waals surface area contributed by atoms with Gasteiger partial charge in [0.1, 0.15) is 11.6 Å². The second-order valence-electron chi connectivity index (χ2n) is 6.95. The molecule has 3 aromatic carbocycles. The Morgan fingerprint density at radius 2 is 1.70 bits per heavy atom. The molecule has 0 aliphatic carbocycles. The molecule has 0 saturated heterocycles. The van der Waals surface area contributed by atoms with Gasteiger partial charge in [0.2, 0.25) is 0 Å². The monoisotopic (exact) mass is 482 g/mol. The summed E-state index contributed by atoms with van der Waals surface area (Å²) in [7, 11) is -4.16. The van der Waals surface area contributed by atoms with E-state index in [2.05, 4.69) is 10.0 Å². The molecule has 2 N–H and O–H groups in total. The first-order chi connectivity index (χ1) is 15.4. The van der Waals surface area contributed by atoms with E-state index in [1.807, 2.05) is 0 Å². The summed E-state index contributed by atoms with van der Waals surface area (Å²) >= 11 is 0. The number of alkyl halides is 3. The zero-order valence-electron chi connectivity index (χ0n) is 17.1. The molecule has 174 valence electrons. The third kappa shape index (κ3) is 6.45. The summed E-state index contributed by atoms with van der Waals surface area (Å²) in [6.45, 7) is 1.28. The second kappa shape index (κ2) is 9.49. The molecule has 0 atom stereocenters. The van der Waals surface area contributed by atoms with Gasteiger partial charge >= 0.3 is 6.18 Å². The number of carbonyl (C=O) groups is 1. The number of hydrogen-bond donors (Lipinski definition) is 2. The maximum atomic E-state index is 13.3. The number of nitrogens with one attached hydrogen (secondary N) is 2. The number of rotatable bonds is 7. The third-order valence-electron chi connectivity index (χ3n) is 4.42. The van der Waals surface area contributed by atoms with Crippen LogP contribution in [0.2, 0.25) is 0 Å². The van der Waals surface area contributed by atoms with Crippen molar-refractivity contribution in [3.63, 3.8) is 0 Å². The summed E-state index contributed by atoms with van der Waals surface area (Å²) in [5.74, 6) is -0.877. The summed E-state index contributed by atoms with van der Waals surface area (Å²) in [5, 5.41) is 2.51. The van der Waals surface area contributed by atoms with Crippen LogP contribution in [-0.4, -0.2) is 20.9 Å². The normalized spacial score (nSPS) is 11.7. The Hall–Kier alpha value is -3.60. The van der Waals surface area contributed by atoms with Gasteiger partial charge in [0, 0.05) is 11.4 Å². The van der Waals surface area contributed by atoms with Gasteiger partial charge in [-0.1, -0.05) is 12.1 Å². The van der Waals surface area contributed by atoms with E-state index in [1.165, 1.54) is 48.5 Å². The van der Waals surface area contributed by atoms with Crippen molar-refractivity contribution in [2.45, 2.75) is 18.0 Å². The van der Waals surface area contributed by atoms with Crippen LogP contribution in [0, 0.1) is 12.7 Å². The average molecular weight is 482 g/mol. The summed E-state index contributed by atoms with van der Waals surface area (Å²) < 4.78 is 84.1. The molecule has 0 heterocycles. The van der Waals surface area contributed by atoms with E-state index in [4.69, 9.17) is 4.74 Å². The first-order valence-electron chi connectivity index (χ1n) is 9.43. The van der Waals surface area contributed by atoms with E-state index < -0.39 is 40.1 Å². The van der Waals surface area contributed by atoms with Gasteiger partial charge in [-0.3, -0.25) is 9.52 Å². The molecule has 0 aliphatic rings. The van der Waals surface area contributed by atoms with Gasteiger partial charge in [0.25, 0.3) is 15.9 Å². The van der Waals surface area contributed by atoms with Gasteiger partial charge in [-0.25, -0.2) is 12.8 Å². The highest BCUT2D eigenvalue weighted by Crippen LogP contribution is 2.31. The molecular formula is C22H18F4N2O4S. The first-order valence-corrected chi connectivity index (χ1v) is 10.9. The van der Waals surface area contributed by atoms with Gasteiger partial charge in [0.05, 0.1) is 10.5 Å². The van der Waals surface area contributed by atoms with Crippen LogP contribution in [0.15, 0.2) is 71.6 Å². The van der Waals surface area contributed by atoms with E-state index in [-0.39, 0.29) is 16.3 Å². The molecule has 0 spiro atoms. The first kappa shape index (κ1) is 24.1. The third-order valence-corrected chi connectivity index (χ3v) is 5.82. The molecule has 33 heavy (non-hydrogen) atoms. The largest absolute Gasteiger partial charge is 0.484 e. The molecule has 3 rings (SSSR count). The Morgan fingerprint density at radius 1 is 1.00 bits per heavy atom. The van der Waals surface area contributed by atoms with Gasteiger partial charge < -0.3 is 10.1 Å². The molecule has 0 radical (unpaired) electrons. The van der Waals surface area contributed by atoms with E-state index >= 15 is 0 Å². The number of anilines is 2. The highest BCUT2D eigenvalue weighted by molar-refractivity contribution is 7.92. The molecule has 11 heteroatoms. The predicted molar refractivity (Wildman–Crippen MR) is 114 cm³/mol. The molecule has 3 aromatic rings. The van der Waals surface area contributed by atoms with Crippen LogP contribution < -0.4 is 14.8 Å². The zero-order valence-corrected chi connectivity index (χ0v) is 17.9. The number of ether oxygens (including phenoxy) is 1. The fraction of sp³-hybridized carbons (Fsp3) is 0.136. The number of carbonyl (C=O) groups excluding carboxylic acids is 1. The van der Waals surface area contributed by atoms with E-state index in [1.54, 1.807) is 6.92 Å². The molecule has 6 nitrogen and oxygen atoms in total. The smallest absolute Gasteiger partial charge is 0.416 e. The van der Waals surface area contributed by atoms with Crippen molar-refractivity contribution in [2.75, 3.05) is 16.6 Å². The highest BCUT2D eigenvalue weighted by atomic mass is 32.2. The Labute approximate surface area is 187 Å². The minimum atomic E-state index is -4.61. The van der Waals surface area contributed by atoms with Crippen LogP contribution in [0.3, 0.4) is 0 Å². The lowest BCUT2D eigenvalue weighted by Gasteiger charge is -2.12. The summed E-state index contributed by atoms with van der Waals surface area (Å²) in [5.41, 5.74) is -0.272. The van der Waals surface area contributed by atoms with Crippen LogP contribution >= 0.6 is 0 Å². The van der Waals surface area contributed by atoms with Crippen LogP contribution in [0.4, 0.5) is 28.9 Å². The lowest BCUT2D eigenvalue weighted by molar-refractivity contribution is -0.137. The lowest BCUT2D eigenvalue weighted by atomic mass is 10.2. The Bertz CT molecular complexity index is 1260. The summed E-state index contributed by atoms with van der Waals surface area (Å²) in [4.78, 5) is 11.8. The molecule has 0 saturated carbocycles. The minimum absolute atomic E-state index is 0.180. The fourth-order valence-electron chi connectivity index (χ4n) is 2.75. The lowest BCUT2D eigenvalue weighted by Crippen LogP contribution is -2.20. The minimum Gasteiger partial charge on any atom is -0.484 e. The number of benzene rings is 3. The van der Waals surface area contributed by atoms with Crippen molar-refractivity contribution in [3.8, 4) is 5.75 Å². The summed E-state index contributed by atoms with van der Waals surface area (Å²) in [6.07, 6.45) is -4.61. The van der Waals surface area contributed by atoms with Gasteiger partial charge in [0.15, 0.2) is 6.61 Å². The molecule has 0 aliphatic heterocycles. The van der Waals surface area contributed by atoms with Crippen LogP contribution in [0.1, 0.15) is 11.1 Å². The van der Waals surface area contributed by atoms with Crippen molar-refractivity contribution >= 4 is 27.3 Å². The Balaban J connectivity index is 1.62. The highest BCUT2D eigenvalue weighted by Gasteiger charge is 2.30. The molecular weight excluding hydrogens is 464 g/mol. The average Bonchev–Trinajstić information content (AvgIpc) is 2.74. The van der Waals surface area contributed by atoms with Crippen LogP contribution in [-0.2, 0) is 21.0 Å². The molecule has 0 unspecified atom stereocenters. The van der Waals surface area contributed by atoms with E-state index in [0.29, 0.717) is 17.3 Å². The van der Waals surface area contributed by atoms with Crippen molar-refractivity contribution in [2.24, 2.45) is 0 Å². The number of halogens is 4. The quantitative estimate of drug-likeness (QED) is 0.466. The van der Waals surface area contributed by atoms with E-state index in [0.717, 1.165) is 12.1 Å². The second-order valence-corrected chi connectivity index (χ2v) is 8.63.